The molecule has 3 unspecified atom stereocenters. The Hall–Kier alpha value is -2.82. The van der Waals surface area contributed by atoms with Crippen molar-refractivity contribution in [3.63, 3.8) is 0 Å². The summed E-state index contributed by atoms with van der Waals surface area (Å²) in [5.41, 5.74) is 0. The number of aliphatic hydroxyl groups is 1. The maximum Gasteiger partial charge on any atom is 0.472 e. The number of unbranched alkanes of at least 4 members (excludes halogenated alkanes) is 29. The molecule has 0 aliphatic rings. The lowest BCUT2D eigenvalue weighted by atomic mass is 10.1. The first-order valence-electron chi connectivity index (χ1n) is 30.2. The van der Waals surface area contributed by atoms with Gasteiger partial charge in [0.25, 0.3) is 0 Å². The number of carbonyl (C=O) groups excluding carboxylic acids is 3. The van der Waals surface area contributed by atoms with Crippen LogP contribution in [0.15, 0.2) is 60.8 Å². The molecule has 0 spiro atoms. The molecule has 0 saturated carbocycles. The van der Waals surface area contributed by atoms with Crippen LogP contribution in [-0.4, -0.2) is 66.5 Å². The van der Waals surface area contributed by atoms with Gasteiger partial charge in [-0.15, -0.1) is 0 Å². The summed E-state index contributed by atoms with van der Waals surface area (Å²) in [6.45, 7) is 4.58. The first-order valence-corrected chi connectivity index (χ1v) is 31.7. The molecule has 0 heterocycles. The Morgan fingerprint density at radius 2 is 0.662 bits per heavy atom. The summed E-state index contributed by atoms with van der Waals surface area (Å²) in [5.74, 6) is -1.49. The molecular weight excluding hydrogens is 952 g/mol. The monoisotopic (exact) mass is 1060 g/mol. The first-order chi connectivity index (χ1) is 36.2. The van der Waals surface area contributed by atoms with E-state index in [1.54, 1.807) is 0 Å². The van der Waals surface area contributed by atoms with Crippen molar-refractivity contribution in [3.8, 4) is 0 Å². The molecule has 0 bridgehead atoms. The minimum absolute atomic E-state index is 0.149. The number of phosphoric acid groups is 1. The zero-order valence-corrected chi connectivity index (χ0v) is 48.5. The molecule has 0 aromatic heterocycles. The molecule has 2 N–H and O–H groups in total. The van der Waals surface area contributed by atoms with Crippen molar-refractivity contribution in [2.24, 2.45) is 0 Å². The smallest absolute Gasteiger partial charge is 0.462 e. The van der Waals surface area contributed by atoms with Crippen LogP contribution in [0.4, 0.5) is 0 Å². The molecule has 0 rings (SSSR count). The Labute approximate surface area is 453 Å². The van der Waals surface area contributed by atoms with E-state index in [0.29, 0.717) is 19.3 Å². The Morgan fingerprint density at radius 3 is 1.04 bits per heavy atom. The highest BCUT2D eigenvalue weighted by atomic mass is 31.2. The van der Waals surface area contributed by atoms with E-state index >= 15 is 0 Å². The van der Waals surface area contributed by atoms with E-state index in [1.165, 1.54) is 103 Å². The maximum absolute atomic E-state index is 12.9. The molecule has 12 heteroatoms. The summed E-state index contributed by atoms with van der Waals surface area (Å²) in [6, 6.07) is 0. The van der Waals surface area contributed by atoms with Crippen LogP contribution in [0.25, 0.3) is 0 Å². The number of aliphatic hydroxyl groups excluding tert-OH is 1. The zero-order valence-electron chi connectivity index (χ0n) is 47.6. The molecule has 0 radical (unpaired) electrons. The number of carbonyl (C=O) groups is 3. The van der Waals surface area contributed by atoms with Gasteiger partial charge in [0, 0.05) is 19.3 Å². The highest BCUT2D eigenvalue weighted by Gasteiger charge is 2.28. The summed E-state index contributed by atoms with van der Waals surface area (Å²) >= 11 is 0. The molecule has 0 aromatic rings. The van der Waals surface area contributed by atoms with E-state index in [2.05, 4.69) is 81.5 Å². The first kappa shape index (κ1) is 71.2. The van der Waals surface area contributed by atoms with Crippen LogP contribution in [0.2, 0.25) is 0 Å². The lowest BCUT2D eigenvalue weighted by Gasteiger charge is -2.21. The van der Waals surface area contributed by atoms with Crippen LogP contribution >= 0.6 is 7.82 Å². The van der Waals surface area contributed by atoms with Gasteiger partial charge in [0.05, 0.1) is 19.8 Å². The van der Waals surface area contributed by atoms with E-state index in [0.717, 1.165) is 116 Å². The van der Waals surface area contributed by atoms with Crippen LogP contribution in [0.1, 0.15) is 278 Å². The lowest BCUT2D eigenvalue weighted by Crippen LogP contribution is -2.30. The van der Waals surface area contributed by atoms with Gasteiger partial charge in [-0.3, -0.25) is 23.4 Å². The zero-order chi connectivity index (χ0) is 54.1. The third-order valence-corrected chi connectivity index (χ3v) is 13.8. The second kappa shape index (κ2) is 56.4. The summed E-state index contributed by atoms with van der Waals surface area (Å²) in [5, 5.41) is 9.82. The third-order valence-electron chi connectivity index (χ3n) is 12.9. The standard InChI is InChI=1S/C62H111O11P/c1-4-7-10-13-16-19-22-25-28-29-32-33-36-39-42-45-48-51-60(64)69-55-59(73-62(66)53-50-47-44-41-38-35-31-27-24-21-18-15-12-9-6-3)57-71-74(67,68)70-56-58(54-63)72-61(65)52-49-46-43-40-37-34-30-26-23-20-17-14-11-8-5-2/h16,18-19,21,25-28,30-31,58-59,63H,4-15,17,20,22-24,29,32-57H2,1-3H3,(H,67,68)/b19-16-,21-18-,28-25-,30-26-,31-27-. The molecule has 0 fully saturated rings. The highest BCUT2D eigenvalue weighted by molar-refractivity contribution is 7.47. The molecule has 0 aliphatic heterocycles. The molecule has 430 valence electrons. The summed E-state index contributed by atoms with van der Waals surface area (Å²) in [7, 11) is -4.76. The number of hydrogen-bond acceptors (Lipinski definition) is 10. The SMILES string of the molecule is CCCCC/C=C\C/C=C\CCCCCCCCCC(=O)OCC(COP(=O)(O)OCC(CO)OC(=O)CCCCCCC/C=C\CCCCCCCC)OC(=O)CCCCCCC/C=C\C/C=C\CCCCC. The van der Waals surface area contributed by atoms with Crippen molar-refractivity contribution in [1.82, 2.24) is 0 Å². The van der Waals surface area contributed by atoms with Crippen molar-refractivity contribution in [2.75, 3.05) is 26.4 Å². The molecular formula is C62H111O11P. The van der Waals surface area contributed by atoms with Crippen molar-refractivity contribution >= 4 is 25.7 Å². The minimum Gasteiger partial charge on any atom is -0.462 e. The number of hydrogen-bond donors (Lipinski definition) is 2. The number of rotatable bonds is 56. The quantitative estimate of drug-likeness (QED) is 0.0197. The van der Waals surface area contributed by atoms with E-state index in [9.17, 15) is 28.9 Å². The Morgan fingerprint density at radius 1 is 0.378 bits per heavy atom. The van der Waals surface area contributed by atoms with Gasteiger partial charge in [-0.1, -0.05) is 210 Å². The molecule has 0 aromatic carbocycles. The van der Waals surface area contributed by atoms with Crippen molar-refractivity contribution in [2.45, 2.75) is 290 Å². The molecule has 74 heavy (non-hydrogen) atoms. The van der Waals surface area contributed by atoms with Crippen molar-refractivity contribution in [3.05, 3.63) is 60.8 Å². The topological polar surface area (TPSA) is 155 Å². The maximum atomic E-state index is 12.9. The molecule has 3 atom stereocenters. The second-order valence-electron chi connectivity index (χ2n) is 20.2. The summed E-state index contributed by atoms with van der Waals surface area (Å²) < 4.78 is 39.6. The average molecular weight is 1060 g/mol. The van der Waals surface area contributed by atoms with Gasteiger partial charge in [0.15, 0.2) is 6.10 Å². The Balaban J connectivity index is 4.73. The number of ether oxygens (including phenoxy) is 3. The van der Waals surface area contributed by atoms with Gasteiger partial charge < -0.3 is 24.2 Å². The molecule has 11 nitrogen and oxygen atoms in total. The van der Waals surface area contributed by atoms with Gasteiger partial charge in [-0.2, -0.15) is 0 Å². The fraction of sp³-hybridized carbons (Fsp3) is 0.790. The van der Waals surface area contributed by atoms with Gasteiger partial charge in [-0.25, -0.2) is 4.57 Å². The van der Waals surface area contributed by atoms with Crippen LogP contribution in [0, 0.1) is 0 Å². The summed E-state index contributed by atoms with van der Waals surface area (Å²) in [6.07, 6.45) is 61.7. The van der Waals surface area contributed by atoms with Crippen LogP contribution in [-0.2, 0) is 42.2 Å². The fourth-order valence-electron chi connectivity index (χ4n) is 8.23. The molecule has 0 saturated heterocycles. The van der Waals surface area contributed by atoms with Crippen molar-refractivity contribution in [1.29, 1.82) is 0 Å². The Bertz CT molecular complexity index is 1470. The van der Waals surface area contributed by atoms with E-state index in [4.69, 9.17) is 23.3 Å². The third kappa shape index (κ3) is 54.0. The number of allylic oxidation sites excluding steroid dienone is 10. The Kier molecular flexibility index (Phi) is 54.2. The lowest BCUT2D eigenvalue weighted by molar-refractivity contribution is -0.161. The molecule has 0 aliphatic carbocycles. The average Bonchev–Trinajstić information content (AvgIpc) is 3.39. The van der Waals surface area contributed by atoms with Crippen LogP contribution in [0.5, 0.6) is 0 Å². The van der Waals surface area contributed by atoms with Gasteiger partial charge in [-0.05, 0) is 109 Å². The van der Waals surface area contributed by atoms with Gasteiger partial charge >= 0.3 is 25.7 Å². The predicted molar refractivity (Wildman–Crippen MR) is 307 cm³/mol. The predicted octanol–water partition coefficient (Wildman–Crippen LogP) is 17.9. The normalized spacial score (nSPS) is 13.7. The van der Waals surface area contributed by atoms with E-state index < -0.39 is 57.8 Å². The summed E-state index contributed by atoms with van der Waals surface area (Å²) in [4.78, 5) is 48.6. The second-order valence-corrected chi connectivity index (χ2v) is 21.6. The van der Waals surface area contributed by atoms with E-state index in [-0.39, 0.29) is 25.9 Å². The van der Waals surface area contributed by atoms with Crippen LogP contribution < -0.4 is 0 Å². The van der Waals surface area contributed by atoms with E-state index in [1.807, 2.05) is 0 Å². The van der Waals surface area contributed by atoms with Crippen molar-refractivity contribution < 1.29 is 52.2 Å². The van der Waals surface area contributed by atoms with Gasteiger partial charge in [0.2, 0.25) is 0 Å². The van der Waals surface area contributed by atoms with Gasteiger partial charge in [0.1, 0.15) is 12.7 Å². The largest absolute Gasteiger partial charge is 0.472 e. The minimum atomic E-state index is -4.76. The highest BCUT2D eigenvalue weighted by Crippen LogP contribution is 2.43. The fourth-order valence-corrected chi connectivity index (χ4v) is 9.02. The molecule has 0 amide bonds. The number of phosphoric ester groups is 1. The van der Waals surface area contributed by atoms with Crippen LogP contribution in [0.3, 0.4) is 0 Å². The number of esters is 3.